The minimum atomic E-state index is -0.974. The Bertz CT molecular complexity index is 1320. The number of pyridine rings is 1. The van der Waals surface area contributed by atoms with Crippen LogP contribution in [-0.2, 0) is 16.0 Å². The zero-order valence-electron chi connectivity index (χ0n) is 18.9. The highest BCUT2D eigenvalue weighted by molar-refractivity contribution is 5.96. The second-order valence-electron chi connectivity index (χ2n) is 7.92. The Labute approximate surface area is 192 Å². The summed E-state index contributed by atoms with van der Waals surface area (Å²) in [7, 11) is 0. The quantitative estimate of drug-likeness (QED) is 0.376. The van der Waals surface area contributed by atoms with Crippen molar-refractivity contribution >= 4 is 17.6 Å². The van der Waals surface area contributed by atoms with Crippen LogP contribution < -0.4 is 0 Å². The van der Waals surface area contributed by atoms with Gasteiger partial charge in [0, 0.05) is 12.6 Å². The smallest absolute Gasteiger partial charge is 0.336 e. The average molecular weight is 443 g/mol. The molecule has 0 aliphatic carbocycles. The molecule has 2 heterocycles. The standard InChI is InChI=1S/C27H26N2O4/c1-4-20-16-29-23(15-10-17(3)26(29)28-20)25(33-24(30)5-2)19-13-11-18(12-14-19)21-8-6-7-9-22(21)27(31)32/h6-16,25H,4-5H2,1-3H3,(H,31,32)/t25-/m1/s1. The van der Waals surface area contributed by atoms with Gasteiger partial charge in [0.1, 0.15) is 5.65 Å². The van der Waals surface area contributed by atoms with E-state index in [2.05, 4.69) is 6.92 Å². The number of rotatable bonds is 7. The van der Waals surface area contributed by atoms with Crippen molar-refractivity contribution in [2.24, 2.45) is 0 Å². The van der Waals surface area contributed by atoms with Crippen molar-refractivity contribution in [3.63, 3.8) is 0 Å². The Morgan fingerprint density at radius 1 is 1.03 bits per heavy atom. The number of esters is 1. The lowest BCUT2D eigenvalue weighted by molar-refractivity contribution is -0.147. The van der Waals surface area contributed by atoms with Crippen LogP contribution in [0, 0.1) is 6.92 Å². The molecule has 0 aliphatic rings. The average Bonchev–Trinajstić information content (AvgIpc) is 3.29. The molecule has 168 valence electrons. The van der Waals surface area contributed by atoms with Crippen LogP contribution in [0.2, 0.25) is 0 Å². The third-order valence-corrected chi connectivity index (χ3v) is 5.74. The number of carboxylic acids is 1. The molecule has 6 heteroatoms. The fraction of sp³-hybridized carbons (Fsp3) is 0.222. The Morgan fingerprint density at radius 2 is 1.76 bits per heavy atom. The summed E-state index contributed by atoms with van der Waals surface area (Å²) in [4.78, 5) is 28.7. The predicted molar refractivity (Wildman–Crippen MR) is 126 cm³/mol. The van der Waals surface area contributed by atoms with E-state index < -0.39 is 12.1 Å². The van der Waals surface area contributed by atoms with Gasteiger partial charge in [-0.2, -0.15) is 0 Å². The first-order chi connectivity index (χ1) is 15.9. The van der Waals surface area contributed by atoms with E-state index in [1.54, 1.807) is 25.1 Å². The first-order valence-electron chi connectivity index (χ1n) is 11.0. The van der Waals surface area contributed by atoms with Gasteiger partial charge in [-0.25, -0.2) is 9.78 Å². The second-order valence-corrected chi connectivity index (χ2v) is 7.92. The van der Waals surface area contributed by atoms with Crippen molar-refractivity contribution in [2.45, 2.75) is 39.7 Å². The lowest BCUT2D eigenvalue weighted by Crippen LogP contribution is -2.15. The number of aromatic nitrogens is 2. The molecule has 1 atom stereocenters. The number of aryl methyl sites for hydroxylation is 2. The molecule has 6 nitrogen and oxygen atoms in total. The summed E-state index contributed by atoms with van der Waals surface area (Å²) in [5, 5.41) is 9.52. The molecule has 0 amide bonds. The number of fused-ring (bicyclic) bond motifs is 1. The number of imidazole rings is 1. The van der Waals surface area contributed by atoms with Gasteiger partial charge in [-0.1, -0.05) is 62.4 Å². The van der Waals surface area contributed by atoms with Crippen LogP contribution in [0.25, 0.3) is 16.8 Å². The maximum absolute atomic E-state index is 12.3. The summed E-state index contributed by atoms with van der Waals surface area (Å²) in [5.41, 5.74) is 6.11. The van der Waals surface area contributed by atoms with E-state index in [9.17, 15) is 14.7 Å². The number of carbonyl (C=O) groups is 2. The molecule has 0 aliphatic heterocycles. The summed E-state index contributed by atoms with van der Waals surface area (Å²) in [6, 6.07) is 18.3. The largest absolute Gasteiger partial charge is 0.478 e. The van der Waals surface area contributed by atoms with Crippen LogP contribution in [0.4, 0.5) is 0 Å². The monoisotopic (exact) mass is 442 g/mol. The molecule has 0 bridgehead atoms. The van der Waals surface area contributed by atoms with E-state index >= 15 is 0 Å². The molecular formula is C27H26N2O4. The van der Waals surface area contributed by atoms with E-state index in [1.165, 1.54) is 0 Å². The summed E-state index contributed by atoms with van der Waals surface area (Å²) in [5.74, 6) is -1.27. The van der Waals surface area contributed by atoms with Gasteiger partial charge in [-0.05, 0) is 47.7 Å². The zero-order chi connectivity index (χ0) is 23.5. The summed E-state index contributed by atoms with van der Waals surface area (Å²) in [6.07, 6.45) is 2.43. The number of nitrogens with zero attached hydrogens (tertiary/aromatic N) is 2. The summed E-state index contributed by atoms with van der Waals surface area (Å²) < 4.78 is 7.88. The molecule has 0 spiro atoms. The van der Waals surface area contributed by atoms with Crippen LogP contribution in [0.5, 0.6) is 0 Å². The molecule has 1 N–H and O–H groups in total. The van der Waals surface area contributed by atoms with Crippen molar-refractivity contribution in [1.29, 1.82) is 0 Å². The van der Waals surface area contributed by atoms with Crippen molar-refractivity contribution in [1.82, 2.24) is 9.38 Å². The first-order valence-corrected chi connectivity index (χ1v) is 11.0. The van der Waals surface area contributed by atoms with E-state index in [4.69, 9.17) is 9.72 Å². The van der Waals surface area contributed by atoms with Crippen LogP contribution in [0.15, 0.2) is 66.9 Å². The van der Waals surface area contributed by atoms with Crippen molar-refractivity contribution in [3.05, 3.63) is 94.9 Å². The number of benzene rings is 2. The molecule has 4 aromatic rings. The van der Waals surface area contributed by atoms with Crippen molar-refractivity contribution in [3.8, 4) is 11.1 Å². The Kier molecular flexibility index (Phi) is 6.27. The number of aromatic carboxylic acids is 1. The molecule has 2 aromatic heterocycles. The fourth-order valence-electron chi connectivity index (χ4n) is 3.93. The summed E-state index contributed by atoms with van der Waals surface area (Å²) in [6.45, 7) is 5.83. The fourth-order valence-corrected chi connectivity index (χ4v) is 3.93. The highest BCUT2D eigenvalue weighted by atomic mass is 16.5. The number of hydrogen-bond acceptors (Lipinski definition) is 4. The predicted octanol–water partition coefficient (Wildman–Crippen LogP) is 5.61. The lowest BCUT2D eigenvalue weighted by Gasteiger charge is -2.21. The SMILES string of the molecule is CCC(=O)O[C@H](c1ccc(-c2ccccc2C(=O)O)cc1)c1ccc(C)c2nc(CC)cn12. The maximum atomic E-state index is 12.3. The normalized spacial score (nSPS) is 12.0. The van der Waals surface area contributed by atoms with Gasteiger partial charge >= 0.3 is 11.9 Å². The van der Waals surface area contributed by atoms with E-state index in [1.807, 2.05) is 60.0 Å². The minimum Gasteiger partial charge on any atom is -0.478 e. The van der Waals surface area contributed by atoms with Crippen molar-refractivity contribution < 1.29 is 19.4 Å². The third kappa shape index (κ3) is 4.37. The second kappa shape index (κ2) is 9.28. The molecule has 0 saturated heterocycles. The zero-order valence-corrected chi connectivity index (χ0v) is 18.9. The van der Waals surface area contributed by atoms with Crippen molar-refractivity contribution in [2.75, 3.05) is 0 Å². The molecule has 0 unspecified atom stereocenters. The first kappa shape index (κ1) is 22.3. The molecule has 33 heavy (non-hydrogen) atoms. The molecule has 2 aromatic carbocycles. The highest BCUT2D eigenvalue weighted by Crippen LogP contribution is 2.31. The Balaban J connectivity index is 1.81. The summed E-state index contributed by atoms with van der Waals surface area (Å²) >= 11 is 0. The van der Waals surface area contributed by atoms with E-state index in [0.29, 0.717) is 5.56 Å². The molecule has 0 saturated carbocycles. The number of carbonyl (C=O) groups excluding carboxylic acids is 1. The third-order valence-electron chi connectivity index (χ3n) is 5.74. The number of carboxylic acid groups (broad SMARTS) is 1. The molecule has 0 radical (unpaired) electrons. The highest BCUT2D eigenvalue weighted by Gasteiger charge is 2.23. The van der Waals surface area contributed by atoms with Crippen LogP contribution in [0.3, 0.4) is 0 Å². The number of ether oxygens (including phenoxy) is 1. The van der Waals surface area contributed by atoms with E-state index in [-0.39, 0.29) is 18.0 Å². The maximum Gasteiger partial charge on any atom is 0.336 e. The van der Waals surface area contributed by atoms with Gasteiger partial charge in [0.25, 0.3) is 0 Å². The Hall–Kier alpha value is -3.93. The minimum absolute atomic E-state index is 0.241. The van der Waals surface area contributed by atoms with Gasteiger partial charge in [-0.15, -0.1) is 0 Å². The molecule has 0 fully saturated rings. The van der Waals surface area contributed by atoms with Gasteiger partial charge in [-0.3, -0.25) is 9.20 Å². The molecular weight excluding hydrogens is 416 g/mol. The molecule has 4 rings (SSSR count). The van der Waals surface area contributed by atoms with Gasteiger partial charge in [0.2, 0.25) is 0 Å². The topological polar surface area (TPSA) is 80.9 Å². The lowest BCUT2D eigenvalue weighted by atomic mass is 9.96. The van der Waals surface area contributed by atoms with Crippen LogP contribution in [0.1, 0.15) is 59.2 Å². The van der Waals surface area contributed by atoms with Gasteiger partial charge in [0.15, 0.2) is 6.10 Å². The Morgan fingerprint density at radius 3 is 2.42 bits per heavy atom. The van der Waals surface area contributed by atoms with Gasteiger partial charge < -0.3 is 9.84 Å². The van der Waals surface area contributed by atoms with Crippen LogP contribution in [-0.4, -0.2) is 26.4 Å². The number of hydrogen-bond donors (Lipinski definition) is 1. The van der Waals surface area contributed by atoms with Crippen LogP contribution >= 0.6 is 0 Å². The van der Waals surface area contributed by atoms with Gasteiger partial charge in [0.05, 0.1) is 17.0 Å². The van der Waals surface area contributed by atoms with E-state index in [0.717, 1.165) is 40.1 Å².